The molecule has 0 unspecified atom stereocenters. The number of benzene rings is 2. The Morgan fingerprint density at radius 2 is 1.56 bits per heavy atom. The van der Waals surface area contributed by atoms with E-state index in [4.69, 9.17) is 11.6 Å². The highest BCUT2D eigenvalue weighted by Gasteiger charge is 2.35. The van der Waals surface area contributed by atoms with Crippen molar-refractivity contribution in [1.29, 1.82) is 0 Å². The number of halogens is 1. The topological polar surface area (TPSA) is 72.5 Å². The maximum atomic E-state index is 13.2. The van der Waals surface area contributed by atoms with E-state index in [1.165, 1.54) is 7.11 Å². The second kappa shape index (κ2) is 11.3. The number of carbonyl (C=O) groups is 1. The number of esters is 1. The average molecular weight is 478 g/mol. The number of hydrogen-bond acceptors (Lipinski definition) is 4. The van der Waals surface area contributed by atoms with Crippen molar-refractivity contribution >= 4 is 27.6 Å². The van der Waals surface area contributed by atoms with Gasteiger partial charge in [0.1, 0.15) is 0 Å². The normalized spacial score (nSPS) is 16.3. The standard InChI is InChI=1S/C25H32ClNO4S/c1-31-24(28)8-6-7-20-9-11-21(12-10-20)19-25(17-4-2-3-5-18-25)27-32(29,30)23-15-13-22(26)14-16-23/h9-16,27H,2-8,17-19H2,1H3. The summed E-state index contributed by atoms with van der Waals surface area (Å²) in [6.45, 7) is 0. The highest BCUT2D eigenvalue weighted by atomic mass is 35.5. The first-order valence-corrected chi connectivity index (χ1v) is 13.1. The monoisotopic (exact) mass is 477 g/mol. The van der Waals surface area contributed by atoms with Crippen LogP contribution in [0.25, 0.3) is 0 Å². The Morgan fingerprint density at radius 3 is 2.16 bits per heavy atom. The molecule has 3 rings (SSSR count). The summed E-state index contributed by atoms with van der Waals surface area (Å²) in [7, 11) is -2.25. The van der Waals surface area contributed by atoms with Gasteiger partial charge in [-0.15, -0.1) is 0 Å². The van der Waals surface area contributed by atoms with E-state index < -0.39 is 15.6 Å². The second-order valence-corrected chi connectivity index (χ2v) is 10.8. The second-order valence-electron chi connectivity index (χ2n) is 8.68. The lowest BCUT2D eigenvalue weighted by atomic mass is 9.84. The molecule has 0 amide bonds. The molecular weight excluding hydrogens is 446 g/mol. The molecule has 5 nitrogen and oxygen atoms in total. The fourth-order valence-electron chi connectivity index (χ4n) is 4.43. The van der Waals surface area contributed by atoms with E-state index in [0.717, 1.165) is 62.5 Å². The molecule has 0 heterocycles. The molecule has 0 saturated heterocycles. The molecule has 1 saturated carbocycles. The third kappa shape index (κ3) is 7.06. The average Bonchev–Trinajstić information content (AvgIpc) is 3.00. The van der Waals surface area contributed by atoms with Crippen LogP contribution in [-0.2, 0) is 32.4 Å². The van der Waals surface area contributed by atoms with Crippen molar-refractivity contribution in [1.82, 2.24) is 4.72 Å². The van der Waals surface area contributed by atoms with Gasteiger partial charge in [0.05, 0.1) is 12.0 Å². The summed E-state index contributed by atoms with van der Waals surface area (Å²) >= 11 is 5.94. The van der Waals surface area contributed by atoms with E-state index in [-0.39, 0.29) is 10.9 Å². The molecule has 0 bridgehead atoms. The van der Waals surface area contributed by atoms with Crippen molar-refractivity contribution in [3.8, 4) is 0 Å². The quantitative estimate of drug-likeness (QED) is 0.385. The Balaban J connectivity index is 1.74. The van der Waals surface area contributed by atoms with Gasteiger partial charge in [-0.25, -0.2) is 13.1 Å². The van der Waals surface area contributed by atoms with Gasteiger partial charge in [0, 0.05) is 17.0 Å². The minimum absolute atomic E-state index is 0.190. The molecule has 2 aromatic carbocycles. The molecule has 7 heteroatoms. The zero-order chi connectivity index (χ0) is 23.0. The van der Waals surface area contributed by atoms with Crippen LogP contribution in [0.4, 0.5) is 0 Å². The van der Waals surface area contributed by atoms with Gasteiger partial charge in [-0.05, 0) is 67.5 Å². The first-order chi connectivity index (χ1) is 15.3. The van der Waals surface area contributed by atoms with Crippen molar-refractivity contribution in [2.75, 3.05) is 7.11 Å². The molecule has 1 aliphatic carbocycles. The molecule has 0 atom stereocenters. The Kier molecular flexibility index (Phi) is 8.74. The van der Waals surface area contributed by atoms with Crippen LogP contribution in [0.3, 0.4) is 0 Å². The van der Waals surface area contributed by atoms with E-state index in [0.29, 0.717) is 17.9 Å². The summed E-state index contributed by atoms with van der Waals surface area (Å²) in [5.74, 6) is -0.190. The van der Waals surface area contributed by atoms with Crippen LogP contribution in [0, 0.1) is 0 Å². The highest BCUT2D eigenvalue weighted by Crippen LogP contribution is 2.32. The Morgan fingerprint density at radius 1 is 0.969 bits per heavy atom. The minimum atomic E-state index is -3.65. The van der Waals surface area contributed by atoms with E-state index in [1.54, 1.807) is 24.3 Å². The smallest absolute Gasteiger partial charge is 0.305 e. The van der Waals surface area contributed by atoms with Crippen LogP contribution in [0.1, 0.15) is 62.5 Å². The number of methoxy groups -OCH3 is 1. The summed E-state index contributed by atoms with van der Waals surface area (Å²) in [5.41, 5.74) is 1.78. The lowest BCUT2D eigenvalue weighted by Gasteiger charge is -2.34. The van der Waals surface area contributed by atoms with Gasteiger partial charge >= 0.3 is 5.97 Å². The Hall–Kier alpha value is -1.89. The summed E-state index contributed by atoms with van der Waals surface area (Å²) < 4.78 is 34.1. The van der Waals surface area contributed by atoms with E-state index in [2.05, 4.69) is 33.7 Å². The number of sulfonamides is 1. The van der Waals surface area contributed by atoms with Crippen LogP contribution in [0.5, 0.6) is 0 Å². The maximum Gasteiger partial charge on any atom is 0.305 e. The van der Waals surface area contributed by atoms with Crippen LogP contribution < -0.4 is 4.72 Å². The largest absolute Gasteiger partial charge is 0.469 e. The molecule has 1 N–H and O–H groups in total. The number of aryl methyl sites for hydroxylation is 1. The fourth-order valence-corrected chi connectivity index (χ4v) is 6.02. The molecule has 32 heavy (non-hydrogen) atoms. The van der Waals surface area contributed by atoms with Crippen molar-refractivity contribution in [3.05, 3.63) is 64.7 Å². The first-order valence-electron chi connectivity index (χ1n) is 11.3. The predicted molar refractivity (Wildman–Crippen MR) is 127 cm³/mol. The van der Waals surface area contributed by atoms with Gasteiger partial charge in [0.15, 0.2) is 0 Å². The van der Waals surface area contributed by atoms with E-state index >= 15 is 0 Å². The zero-order valence-electron chi connectivity index (χ0n) is 18.6. The van der Waals surface area contributed by atoms with Gasteiger partial charge in [0.25, 0.3) is 0 Å². The van der Waals surface area contributed by atoms with Crippen molar-refractivity contribution in [2.45, 2.75) is 74.6 Å². The lowest BCUT2D eigenvalue weighted by Crippen LogP contribution is -2.49. The van der Waals surface area contributed by atoms with Crippen molar-refractivity contribution in [3.63, 3.8) is 0 Å². The van der Waals surface area contributed by atoms with Crippen molar-refractivity contribution < 1.29 is 17.9 Å². The number of hydrogen-bond donors (Lipinski definition) is 1. The number of ether oxygens (including phenoxy) is 1. The summed E-state index contributed by atoms with van der Waals surface area (Å²) in [6, 6.07) is 14.6. The number of nitrogens with one attached hydrogen (secondary N) is 1. The van der Waals surface area contributed by atoms with Crippen LogP contribution >= 0.6 is 11.6 Å². The molecule has 0 aromatic heterocycles. The molecule has 2 aromatic rings. The molecule has 0 radical (unpaired) electrons. The zero-order valence-corrected chi connectivity index (χ0v) is 20.2. The molecule has 0 aliphatic heterocycles. The Labute approximate surface area is 196 Å². The number of carbonyl (C=O) groups excluding carboxylic acids is 1. The third-order valence-electron chi connectivity index (χ3n) is 6.17. The van der Waals surface area contributed by atoms with E-state index in [9.17, 15) is 13.2 Å². The van der Waals surface area contributed by atoms with Gasteiger partial charge in [-0.1, -0.05) is 61.5 Å². The minimum Gasteiger partial charge on any atom is -0.469 e. The highest BCUT2D eigenvalue weighted by molar-refractivity contribution is 7.89. The van der Waals surface area contributed by atoms with Gasteiger partial charge in [-0.2, -0.15) is 0 Å². The van der Waals surface area contributed by atoms with Crippen LogP contribution in [0.15, 0.2) is 53.4 Å². The van der Waals surface area contributed by atoms with Crippen LogP contribution in [0.2, 0.25) is 5.02 Å². The van der Waals surface area contributed by atoms with Crippen molar-refractivity contribution in [2.24, 2.45) is 0 Å². The molecule has 1 fully saturated rings. The summed E-state index contributed by atoms with van der Waals surface area (Å²) in [5, 5.41) is 0.514. The number of rotatable bonds is 9. The van der Waals surface area contributed by atoms with E-state index in [1.807, 2.05) is 0 Å². The van der Waals surface area contributed by atoms with Crippen LogP contribution in [-0.4, -0.2) is 27.0 Å². The molecule has 1 aliphatic rings. The summed E-state index contributed by atoms with van der Waals surface area (Å²) in [4.78, 5) is 11.5. The SMILES string of the molecule is COC(=O)CCCc1ccc(CC2(NS(=O)(=O)c3ccc(Cl)cc3)CCCCCC2)cc1. The summed E-state index contributed by atoms with van der Waals surface area (Å²) in [6.07, 6.45) is 8.54. The van der Waals surface area contributed by atoms with Gasteiger partial charge < -0.3 is 4.74 Å². The maximum absolute atomic E-state index is 13.2. The molecule has 174 valence electrons. The first kappa shape index (κ1) is 24.7. The third-order valence-corrected chi connectivity index (χ3v) is 8.02. The van der Waals surface area contributed by atoms with Gasteiger partial charge in [0.2, 0.25) is 10.0 Å². The lowest BCUT2D eigenvalue weighted by molar-refractivity contribution is -0.140. The molecular formula is C25H32ClNO4S. The predicted octanol–water partition coefficient (Wildman–Crippen LogP) is 5.45. The molecule has 0 spiro atoms. The Bertz CT molecular complexity index is 980. The fraction of sp³-hybridized carbons (Fsp3) is 0.480. The van der Waals surface area contributed by atoms with Gasteiger partial charge in [-0.3, -0.25) is 4.79 Å².